The first-order valence-electron chi connectivity index (χ1n) is 13.0. The Hall–Kier alpha value is -4.40. The lowest BCUT2D eigenvalue weighted by Gasteiger charge is -2.23. The summed E-state index contributed by atoms with van der Waals surface area (Å²) in [5.41, 5.74) is 2.31. The molecule has 3 N–H and O–H groups in total. The van der Waals surface area contributed by atoms with Crippen molar-refractivity contribution in [1.29, 1.82) is 0 Å². The molecule has 9 heteroatoms. The summed E-state index contributed by atoms with van der Waals surface area (Å²) >= 11 is 0. The van der Waals surface area contributed by atoms with E-state index in [9.17, 15) is 19.2 Å². The number of ether oxygens (including phenoxy) is 2. The number of nitrogens with one attached hydrogen (secondary N) is 3. The van der Waals surface area contributed by atoms with Crippen LogP contribution in [0.1, 0.15) is 36.8 Å². The number of carbonyl (C=O) groups is 4. The van der Waals surface area contributed by atoms with Crippen LogP contribution in [0.2, 0.25) is 0 Å². The maximum absolute atomic E-state index is 13.2. The molecule has 0 bridgehead atoms. The normalized spacial score (nSPS) is 13.5. The number of methoxy groups -OCH3 is 1. The first kappa shape index (κ1) is 29.2. The molecule has 0 unspecified atom stereocenters. The van der Waals surface area contributed by atoms with Gasteiger partial charge in [0.1, 0.15) is 18.7 Å². The molecule has 0 aromatic heterocycles. The van der Waals surface area contributed by atoms with Gasteiger partial charge in [0.25, 0.3) is 0 Å². The smallest absolute Gasteiger partial charge is 0.407 e. The van der Waals surface area contributed by atoms with Crippen LogP contribution in [0.5, 0.6) is 0 Å². The Labute approximate surface area is 228 Å². The van der Waals surface area contributed by atoms with Gasteiger partial charge in [-0.25, -0.2) is 9.59 Å². The fourth-order valence-electron chi connectivity index (χ4n) is 4.03. The molecule has 1 aliphatic carbocycles. The summed E-state index contributed by atoms with van der Waals surface area (Å²) in [4.78, 5) is 50.4. The second-order valence-corrected chi connectivity index (χ2v) is 9.11. The molecule has 206 valence electrons. The van der Waals surface area contributed by atoms with E-state index in [1.165, 1.54) is 7.11 Å². The van der Waals surface area contributed by atoms with Crippen LogP contribution >= 0.6 is 0 Å². The highest BCUT2D eigenvalue weighted by Crippen LogP contribution is 2.12. The molecule has 0 radical (unpaired) electrons. The van der Waals surface area contributed by atoms with Crippen LogP contribution < -0.4 is 16.0 Å². The first-order chi connectivity index (χ1) is 19.0. The van der Waals surface area contributed by atoms with Crippen LogP contribution in [0.25, 0.3) is 0 Å². The number of hydrogen-bond donors (Lipinski definition) is 3. The van der Waals surface area contributed by atoms with Gasteiger partial charge in [-0.2, -0.15) is 0 Å². The summed E-state index contributed by atoms with van der Waals surface area (Å²) in [6, 6.07) is 16.9. The molecular weight excluding hydrogens is 498 g/mol. The van der Waals surface area contributed by atoms with Crippen molar-refractivity contribution in [2.45, 2.75) is 50.8 Å². The number of rotatable bonds is 14. The van der Waals surface area contributed by atoms with Crippen molar-refractivity contribution in [3.8, 4) is 0 Å². The highest BCUT2D eigenvalue weighted by Gasteiger charge is 2.28. The molecule has 0 saturated carbocycles. The van der Waals surface area contributed by atoms with Crippen LogP contribution in [0.3, 0.4) is 0 Å². The Morgan fingerprint density at radius 2 is 1.56 bits per heavy atom. The second-order valence-electron chi connectivity index (χ2n) is 9.11. The quantitative estimate of drug-likeness (QED) is 0.253. The Balaban J connectivity index is 1.52. The van der Waals surface area contributed by atoms with E-state index in [1.807, 2.05) is 66.7 Å². The lowest BCUT2D eigenvalue weighted by molar-refractivity contribution is -0.145. The van der Waals surface area contributed by atoms with Gasteiger partial charge in [0.05, 0.1) is 7.11 Å². The summed E-state index contributed by atoms with van der Waals surface area (Å²) in [5.74, 6) is -1.38. The minimum atomic E-state index is -0.905. The summed E-state index contributed by atoms with van der Waals surface area (Å²) in [6.45, 7) is 0.528. The van der Waals surface area contributed by atoms with Gasteiger partial charge in [0.15, 0.2) is 0 Å². The maximum atomic E-state index is 13.2. The molecule has 2 aromatic rings. The Morgan fingerprint density at radius 1 is 0.872 bits per heavy atom. The topological polar surface area (TPSA) is 123 Å². The standard InChI is InChI=1S/C30H35N3O6/c1-38-29(36)26(20-22-12-4-2-5-13-22)33-28(35)25(32-27(34)24-16-8-9-17-24)18-10-11-19-31-30(37)39-21-23-14-6-3-7-15-23/h2-9,12-16,25-26H,10-11,17-21H2,1H3,(H,31,37)(H,32,34)(H,33,35)/t25-,26-/m0/s1. The van der Waals surface area contributed by atoms with Gasteiger partial charge in [-0.3, -0.25) is 9.59 Å². The molecule has 0 heterocycles. The third-order valence-electron chi connectivity index (χ3n) is 6.17. The number of amides is 3. The van der Waals surface area contributed by atoms with Crippen molar-refractivity contribution in [3.63, 3.8) is 0 Å². The van der Waals surface area contributed by atoms with Crippen LogP contribution in [-0.2, 0) is 36.9 Å². The van der Waals surface area contributed by atoms with E-state index in [1.54, 1.807) is 12.2 Å². The Morgan fingerprint density at radius 3 is 2.21 bits per heavy atom. The highest BCUT2D eigenvalue weighted by atomic mass is 16.5. The molecule has 39 heavy (non-hydrogen) atoms. The van der Waals surface area contributed by atoms with Crippen LogP contribution in [-0.4, -0.2) is 49.6 Å². The predicted molar refractivity (Wildman–Crippen MR) is 146 cm³/mol. The zero-order chi connectivity index (χ0) is 27.9. The lowest BCUT2D eigenvalue weighted by atomic mass is 10.0. The number of hydrogen-bond acceptors (Lipinski definition) is 6. The number of carbonyl (C=O) groups excluding carboxylic acids is 4. The van der Waals surface area contributed by atoms with Crippen molar-refractivity contribution in [2.75, 3.05) is 13.7 Å². The monoisotopic (exact) mass is 533 g/mol. The van der Waals surface area contributed by atoms with Gasteiger partial charge in [-0.1, -0.05) is 78.9 Å². The summed E-state index contributed by atoms with van der Waals surface area (Å²) in [5, 5.41) is 8.25. The zero-order valence-electron chi connectivity index (χ0n) is 22.1. The molecule has 0 spiro atoms. The van der Waals surface area contributed by atoms with Crippen molar-refractivity contribution < 1.29 is 28.7 Å². The second kappa shape index (κ2) is 15.8. The van der Waals surface area contributed by atoms with Crippen LogP contribution in [0, 0.1) is 0 Å². The zero-order valence-corrected chi connectivity index (χ0v) is 22.1. The van der Waals surface area contributed by atoms with E-state index >= 15 is 0 Å². The van der Waals surface area contributed by atoms with Gasteiger partial charge in [0.2, 0.25) is 11.8 Å². The maximum Gasteiger partial charge on any atom is 0.407 e. The fourth-order valence-corrected chi connectivity index (χ4v) is 4.03. The lowest BCUT2D eigenvalue weighted by Crippen LogP contribution is -2.52. The average Bonchev–Trinajstić information content (AvgIpc) is 3.51. The molecule has 0 saturated heterocycles. The fraction of sp³-hybridized carbons (Fsp3) is 0.333. The molecule has 2 aromatic carbocycles. The Bertz CT molecular complexity index is 1160. The minimum absolute atomic E-state index is 0.177. The third-order valence-corrected chi connectivity index (χ3v) is 6.17. The number of benzene rings is 2. The van der Waals surface area contributed by atoms with E-state index in [0.29, 0.717) is 37.8 Å². The molecular formula is C30H35N3O6. The average molecular weight is 534 g/mol. The van der Waals surface area contributed by atoms with E-state index < -0.39 is 30.1 Å². The molecule has 2 atom stereocenters. The summed E-state index contributed by atoms with van der Waals surface area (Å²) in [6.07, 6.45) is 7.01. The third kappa shape index (κ3) is 10.1. The number of allylic oxidation sites excluding steroid dienone is 3. The highest BCUT2D eigenvalue weighted by molar-refractivity contribution is 5.98. The molecule has 3 rings (SSSR count). The van der Waals surface area contributed by atoms with E-state index in [-0.39, 0.29) is 18.9 Å². The molecule has 0 fully saturated rings. The van der Waals surface area contributed by atoms with Crippen LogP contribution in [0.4, 0.5) is 4.79 Å². The summed E-state index contributed by atoms with van der Waals surface area (Å²) < 4.78 is 10.1. The SMILES string of the molecule is COC(=O)[C@H](Cc1ccccc1)NC(=O)[C@H](CCCCNC(=O)OCc1ccccc1)NC(=O)C1=CC=CC1. The number of esters is 1. The Kier molecular flexibility index (Phi) is 11.8. The van der Waals surface area contributed by atoms with E-state index in [2.05, 4.69) is 16.0 Å². The number of alkyl carbamates (subject to hydrolysis) is 1. The largest absolute Gasteiger partial charge is 0.467 e. The van der Waals surface area contributed by atoms with Gasteiger partial charge in [-0.15, -0.1) is 0 Å². The van der Waals surface area contributed by atoms with Gasteiger partial charge < -0.3 is 25.4 Å². The number of unbranched alkanes of at least 4 members (excludes halogenated alkanes) is 1. The first-order valence-corrected chi connectivity index (χ1v) is 13.0. The van der Waals surface area contributed by atoms with E-state index in [4.69, 9.17) is 9.47 Å². The van der Waals surface area contributed by atoms with Crippen molar-refractivity contribution in [3.05, 3.63) is 95.6 Å². The van der Waals surface area contributed by atoms with Crippen LogP contribution in [0.15, 0.2) is 84.5 Å². The van der Waals surface area contributed by atoms with Crippen molar-refractivity contribution >= 4 is 23.9 Å². The predicted octanol–water partition coefficient (Wildman–Crippen LogP) is 3.35. The van der Waals surface area contributed by atoms with Gasteiger partial charge in [0, 0.05) is 18.5 Å². The summed E-state index contributed by atoms with van der Waals surface area (Å²) in [7, 11) is 1.27. The van der Waals surface area contributed by atoms with Gasteiger partial charge in [-0.05, 0) is 36.8 Å². The van der Waals surface area contributed by atoms with E-state index in [0.717, 1.165) is 11.1 Å². The van der Waals surface area contributed by atoms with Gasteiger partial charge >= 0.3 is 12.1 Å². The molecule has 3 amide bonds. The van der Waals surface area contributed by atoms with Crippen molar-refractivity contribution in [1.82, 2.24) is 16.0 Å². The molecule has 1 aliphatic rings. The molecule has 0 aliphatic heterocycles. The van der Waals surface area contributed by atoms with Crippen molar-refractivity contribution in [2.24, 2.45) is 0 Å². The molecule has 9 nitrogen and oxygen atoms in total. The minimum Gasteiger partial charge on any atom is -0.467 e.